The maximum absolute atomic E-state index is 15.0. The molecule has 0 amide bonds. The van der Waals surface area contributed by atoms with Gasteiger partial charge in [0.05, 0.1) is 36.5 Å². The third kappa shape index (κ3) is 4.77. The minimum absolute atomic E-state index is 0.185. The van der Waals surface area contributed by atoms with Gasteiger partial charge in [0.1, 0.15) is 23.6 Å². The van der Waals surface area contributed by atoms with Crippen molar-refractivity contribution in [3.63, 3.8) is 0 Å². The molecular formula is C43H54O18. The van der Waals surface area contributed by atoms with Crippen LogP contribution in [-0.2, 0) is 71.4 Å². The van der Waals surface area contributed by atoms with Gasteiger partial charge in [-0.05, 0) is 18.4 Å². The number of hydrogen-bond donors (Lipinski definition) is 2. The average Bonchev–Trinajstić information content (AvgIpc) is 3.86. The highest BCUT2D eigenvalue weighted by Gasteiger charge is 3.07. The zero-order chi connectivity index (χ0) is 45.0. The molecule has 0 aromatic carbocycles. The van der Waals surface area contributed by atoms with Gasteiger partial charge in [0.15, 0.2) is 35.1 Å². The predicted molar refractivity (Wildman–Crippen MR) is 201 cm³/mol. The Bertz CT molecular complexity index is 2150. The molecule has 2 N–H and O–H groups in total. The van der Waals surface area contributed by atoms with Crippen LogP contribution < -0.4 is 0 Å². The molecule has 18 heteroatoms. The first-order chi connectivity index (χ1) is 28.3. The lowest BCUT2D eigenvalue weighted by atomic mass is 9.32. The Hall–Kier alpha value is -4.52. The maximum atomic E-state index is 15.0. The standard InChI is InChI=1S/C43H54O18/c1-18(2)27(48)26-28-37(9,29(57-33(26)50)23-13-14-53-16-23)30(54-20(5)44)31(55-21(6)45)43-38(10)24(15-25(47)52-12)36(8)17-40(38)41(51,34(36)58-32(49)19(3)4)35(56-22(7)46)42(28,43)60-39(11,59-40)61-43/h13-14,16,18-19,24,28-31,34-35,48,51H,15,17H2,1-12H3/b27-26+/t24-,28?,29-,30?,31+,34?,35+,36?,37+,38+,39?,40?,41-,42+,43-/m0/s1. The highest BCUT2D eigenvalue weighted by Crippen LogP contribution is 2.90. The fraction of sp³-hybridized carbons (Fsp3) is 0.721. The second-order valence-corrected chi connectivity index (χ2v) is 19.2. The number of esters is 6. The first-order valence-electron chi connectivity index (χ1n) is 20.5. The molecule has 0 radical (unpaired) electrons. The quantitative estimate of drug-likeness (QED) is 0.156. The Labute approximate surface area is 351 Å². The molecule has 4 heterocycles. The van der Waals surface area contributed by atoms with Crippen LogP contribution in [0.1, 0.15) is 101 Å². The molecule has 4 aliphatic carbocycles. The molecule has 8 rings (SSSR count). The fourth-order valence-electron chi connectivity index (χ4n) is 13.7. The number of hydrogen-bond acceptors (Lipinski definition) is 18. The van der Waals surface area contributed by atoms with Gasteiger partial charge in [-0.25, -0.2) is 4.79 Å². The summed E-state index contributed by atoms with van der Waals surface area (Å²) in [6.07, 6.45) is -6.67. The predicted octanol–water partition coefficient (Wildman–Crippen LogP) is 3.67. The summed E-state index contributed by atoms with van der Waals surface area (Å²) < 4.78 is 64.1. The van der Waals surface area contributed by atoms with E-state index in [1.807, 2.05) is 0 Å². The van der Waals surface area contributed by atoms with E-state index in [9.17, 15) is 39.0 Å². The van der Waals surface area contributed by atoms with Crippen LogP contribution in [0.4, 0.5) is 0 Å². The molecule has 4 bridgehead atoms. The number of aliphatic hydroxyl groups is 2. The Morgan fingerprint density at radius 2 is 1.48 bits per heavy atom. The topological polar surface area (TPSA) is 239 Å². The van der Waals surface area contributed by atoms with Crippen LogP contribution in [0.5, 0.6) is 0 Å². The van der Waals surface area contributed by atoms with Gasteiger partial charge in [-0.15, -0.1) is 0 Å². The van der Waals surface area contributed by atoms with Gasteiger partial charge in [-0.3, -0.25) is 24.0 Å². The number of rotatable bonds is 9. The molecule has 15 atom stereocenters. The van der Waals surface area contributed by atoms with Gasteiger partial charge in [-0.1, -0.05) is 48.5 Å². The van der Waals surface area contributed by atoms with Crippen molar-refractivity contribution in [2.75, 3.05) is 7.11 Å². The number of carbonyl (C=O) groups is 6. The van der Waals surface area contributed by atoms with Gasteiger partial charge < -0.3 is 57.3 Å². The normalized spacial score (nSPS) is 46.7. The summed E-state index contributed by atoms with van der Waals surface area (Å²) in [6, 6.07) is 1.51. The number of aliphatic hydroxyl groups excluding tert-OH is 1. The highest BCUT2D eigenvalue weighted by molar-refractivity contribution is 5.92. The second-order valence-electron chi connectivity index (χ2n) is 19.2. The summed E-state index contributed by atoms with van der Waals surface area (Å²) in [5.41, 5.74) is -15.1. The molecule has 7 aliphatic rings. The highest BCUT2D eigenvalue weighted by atomic mass is 16.9. The van der Waals surface area contributed by atoms with Crippen LogP contribution >= 0.6 is 0 Å². The monoisotopic (exact) mass is 858 g/mol. The summed E-state index contributed by atoms with van der Waals surface area (Å²) in [7, 11) is 1.19. The van der Waals surface area contributed by atoms with Gasteiger partial charge in [0, 0.05) is 62.3 Å². The number of methoxy groups -OCH3 is 1. The molecule has 61 heavy (non-hydrogen) atoms. The number of ether oxygens (including phenoxy) is 9. The van der Waals surface area contributed by atoms with Crippen LogP contribution in [0.3, 0.4) is 0 Å². The molecule has 1 aromatic rings. The lowest BCUT2D eigenvalue weighted by Gasteiger charge is -2.78. The fourth-order valence-corrected chi connectivity index (χ4v) is 13.7. The third-order valence-electron chi connectivity index (χ3n) is 15.3. The van der Waals surface area contributed by atoms with Crippen LogP contribution in [-0.4, -0.2) is 106 Å². The largest absolute Gasteiger partial charge is 0.511 e. The van der Waals surface area contributed by atoms with Crippen molar-refractivity contribution < 1.29 is 86.0 Å². The number of carbonyl (C=O) groups excluding carboxylic acids is 6. The summed E-state index contributed by atoms with van der Waals surface area (Å²) in [5.74, 6) is -12.4. The molecule has 7 fully saturated rings. The van der Waals surface area contributed by atoms with E-state index in [1.165, 1.54) is 32.6 Å². The van der Waals surface area contributed by atoms with Crippen molar-refractivity contribution in [2.24, 2.45) is 39.9 Å². The van der Waals surface area contributed by atoms with E-state index in [2.05, 4.69) is 0 Å². The Kier molecular flexibility index (Phi) is 9.21. The van der Waals surface area contributed by atoms with Gasteiger partial charge >= 0.3 is 35.8 Å². The first kappa shape index (κ1) is 43.1. The van der Waals surface area contributed by atoms with Gasteiger partial charge in [-0.2, -0.15) is 0 Å². The van der Waals surface area contributed by atoms with Gasteiger partial charge in [0.2, 0.25) is 0 Å². The zero-order valence-electron chi connectivity index (χ0n) is 36.3. The average molecular weight is 859 g/mol. The molecule has 3 saturated heterocycles. The molecule has 3 aliphatic heterocycles. The number of allylic oxidation sites excluding steroid dienone is 1. The minimum atomic E-state index is -2.63. The van der Waals surface area contributed by atoms with E-state index in [0.717, 1.165) is 20.8 Å². The molecule has 4 saturated carbocycles. The smallest absolute Gasteiger partial charge is 0.338 e. The van der Waals surface area contributed by atoms with Crippen molar-refractivity contribution in [3.05, 3.63) is 35.5 Å². The van der Waals surface area contributed by atoms with Crippen molar-refractivity contribution in [1.29, 1.82) is 0 Å². The molecule has 334 valence electrons. The number of furan rings is 1. The summed E-state index contributed by atoms with van der Waals surface area (Å²) >= 11 is 0. The van der Waals surface area contributed by atoms with E-state index in [4.69, 9.17) is 47.0 Å². The lowest BCUT2D eigenvalue weighted by molar-refractivity contribution is -0.490. The third-order valence-corrected chi connectivity index (χ3v) is 15.3. The van der Waals surface area contributed by atoms with E-state index < -0.39 is 152 Å². The summed E-state index contributed by atoms with van der Waals surface area (Å²) in [5, 5.41) is 26.6. The van der Waals surface area contributed by atoms with Crippen molar-refractivity contribution >= 4 is 35.8 Å². The SMILES string of the molecule is COC(=O)C[C@H]1C2(C)CC34OC5(C)O[C@@]6([C@H](OC(C)=O)C(OC(C)=O)[C@]7(C)C(/C(=C(\O)C(C)C)C(=O)O[C@H]7c7ccoc7)[C@@]6(O5)[C@H](OC(C)=O)[C@@]3(O)C2OC(=O)C(C)C)[C@]14C. The number of fused-ring (bicyclic) bond motifs is 3. The Balaban J connectivity index is 1.62. The molecule has 6 unspecified atom stereocenters. The number of cyclic esters (lactones) is 1. The maximum Gasteiger partial charge on any atom is 0.338 e. The van der Waals surface area contributed by atoms with E-state index in [1.54, 1.807) is 48.5 Å². The first-order valence-corrected chi connectivity index (χ1v) is 20.5. The van der Waals surface area contributed by atoms with Crippen molar-refractivity contribution in [1.82, 2.24) is 0 Å². The zero-order valence-corrected chi connectivity index (χ0v) is 36.3. The van der Waals surface area contributed by atoms with Gasteiger partial charge in [0.25, 0.3) is 5.97 Å². The Morgan fingerprint density at radius 3 is 2.02 bits per heavy atom. The van der Waals surface area contributed by atoms with Crippen LogP contribution in [0.2, 0.25) is 0 Å². The molecular weight excluding hydrogens is 804 g/mol. The Morgan fingerprint density at radius 1 is 0.852 bits per heavy atom. The lowest BCUT2D eigenvalue weighted by Crippen LogP contribution is -2.97. The molecule has 18 nitrogen and oxygen atoms in total. The summed E-state index contributed by atoms with van der Waals surface area (Å²) in [6.45, 7) is 16.1. The van der Waals surface area contributed by atoms with E-state index >= 15 is 0 Å². The second kappa shape index (κ2) is 13.0. The van der Waals surface area contributed by atoms with Crippen molar-refractivity contribution in [2.45, 2.75) is 148 Å². The van der Waals surface area contributed by atoms with Crippen molar-refractivity contribution in [3.8, 4) is 0 Å². The van der Waals surface area contributed by atoms with Crippen LogP contribution in [0.15, 0.2) is 34.3 Å². The molecule has 2 spiro atoms. The van der Waals surface area contributed by atoms with Crippen LogP contribution in [0, 0.1) is 39.9 Å². The molecule has 1 aromatic heterocycles. The van der Waals surface area contributed by atoms with Crippen LogP contribution in [0.25, 0.3) is 0 Å². The van der Waals surface area contributed by atoms with E-state index in [-0.39, 0.29) is 12.0 Å². The van der Waals surface area contributed by atoms with E-state index in [0.29, 0.717) is 0 Å². The minimum Gasteiger partial charge on any atom is -0.511 e. The summed E-state index contributed by atoms with van der Waals surface area (Å²) in [4.78, 5) is 83.8.